The number of rotatable bonds is 5. The van der Waals surface area contributed by atoms with E-state index in [2.05, 4.69) is 15.4 Å². The van der Waals surface area contributed by atoms with E-state index in [9.17, 15) is 9.59 Å². The fourth-order valence-corrected chi connectivity index (χ4v) is 3.21. The van der Waals surface area contributed by atoms with Crippen LogP contribution in [0.25, 0.3) is 4.96 Å². The van der Waals surface area contributed by atoms with Crippen LogP contribution >= 0.6 is 11.3 Å². The molecule has 27 heavy (non-hydrogen) atoms. The van der Waals surface area contributed by atoms with Gasteiger partial charge in [0.1, 0.15) is 17.4 Å². The number of carbonyl (C=O) groups excluding carboxylic acids is 1. The van der Waals surface area contributed by atoms with E-state index in [4.69, 9.17) is 9.15 Å². The highest BCUT2D eigenvalue weighted by molar-refractivity contribution is 7.16. The van der Waals surface area contributed by atoms with Gasteiger partial charge >= 0.3 is 0 Å². The average molecular weight is 382 g/mol. The molecule has 0 aliphatic heterocycles. The van der Waals surface area contributed by atoms with Crippen LogP contribution in [0, 0.1) is 6.92 Å². The molecule has 1 N–H and O–H groups in total. The van der Waals surface area contributed by atoms with E-state index in [0.29, 0.717) is 22.1 Å². The summed E-state index contributed by atoms with van der Waals surface area (Å²) in [6.07, 6.45) is 1.44. The molecule has 0 saturated carbocycles. The zero-order valence-electron chi connectivity index (χ0n) is 14.2. The smallest absolute Gasteiger partial charge is 0.291 e. The normalized spacial score (nSPS) is 10.9. The van der Waals surface area contributed by atoms with Gasteiger partial charge in [0.05, 0.1) is 12.0 Å². The van der Waals surface area contributed by atoms with E-state index < -0.39 is 0 Å². The molecule has 3 aromatic heterocycles. The highest BCUT2D eigenvalue weighted by atomic mass is 32.1. The second kappa shape index (κ2) is 7.04. The topological polar surface area (TPSA) is 98.7 Å². The third-order valence-corrected chi connectivity index (χ3v) is 4.45. The van der Waals surface area contributed by atoms with Gasteiger partial charge in [0.2, 0.25) is 4.96 Å². The van der Waals surface area contributed by atoms with Crippen molar-refractivity contribution in [3.05, 3.63) is 75.5 Å². The van der Waals surface area contributed by atoms with Crippen molar-refractivity contribution >= 4 is 27.9 Å². The summed E-state index contributed by atoms with van der Waals surface area (Å²) in [5, 5.41) is 7.60. The number of aryl methyl sites for hydroxylation is 1. The molecule has 0 radical (unpaired) electrons. The van der Waals surface area contributed by atoms with Gasteiger partial charge in [-0.25, -0.2) is 4.98 Å². The van der Waals surface area contributed by atoms with Crippen molar-refractivity contribution < 1.29 is 13.9 Å². The first-order chi connectivity index (χ1) is 13.1. The summed E-state index contributed by atoms with van der Waals surface area (Å²) in [5.74, 6) is 0.409. The number of carbonyl (C=O) groups is 1. The van der Waals surface area contributed by atoms with Crippen LogP contribution in [0.3, 0.4) is 0 Å². The summed E-state index contributed by atoms with van der Waals surface area (Å²) in [6.45, 7) is 1.94. The first-order valence-electron chi connectivity index (χ1n) is 8.02. The number of anilines is 1. The molecule has 1 aromatic carbocycles. The monoisotopic (exact) mass is 382 g/mol. The number of hydrogen-bond donors (Lipinski definition) is 1. The maximum Gasteiger partial charge on any atom is 0.291 e. The van der Waals surface area contributed by atoms with Crippen LogP contribution in [-0.2, 0) is 6.61 Å². The Balaban J connectivity index is 1.47. The number of ether oxygens (including phenoxy) is 1. The van der Waals surface area contributed by atoms with E-state index in [1.54, 1.807) is 36.4 Å². The van der Waals surface area contributed by atoms with E-state index in [1.165, 1.54) is 28.2 Å². The summed E-state index contributed by atoms with van der Waals surface area (Å²) in [4.78, 5) is 29.0. The maximum atomic E-state index is 12.1. The highest BCUT2D eigenvalue weighted by Gasteiger charge is 2.10. The van der Waals surface area contributed by atoms with Gasteiger partial charge in [0, 0.05) is 17.8 Å². The summed E-state index contributed by atoms with van der Waals surface area (Å²) >= 11 is 1.34. The van der Waals surface area contributed by atoms with Crippen LogP contribution in [0.4, 0.5) is 5.69 Å². The van der Waals surface area contributed by atoms with Crippen molar-refractivity contribution in [1.29, 1.82) is 0 Å². The predicted molar refractivity (Wildman–Crippen MR) is 99.3 cm³/mol. The number of nitrogens with zero attached hydrogens (tertiary/aromatic N) is 3. The SMILES string of the molecule is Cc1nn2c(=O)cc(COc3cccc(NC(=O)c4ccco4)c3)nc2s1. The first kappa shape index (κ1) is 17.0. The first-order valence-corrected chi connectivity index (χ1v) is 8.84. The lowest BCUT2D eigenvalue weighted by molar-refractivity contribution is 0.0996. The summed E-state index contributed by atoms with van der Waals surface area (Å²) in [7, 11) is 0. The minimum Gasteiger partial charge on any atom is -0.487 e. The Kier molecular flexibility index (Phi) is 4.43. The van der Waals surface area contributed by atoms with Crippen LogP contribution in [0.2, 0.25) is 0 Å². The van der Waals surface area contributed by atoms with E-state index in [1.807, 2.05) is 6.92 Å². The number of nitrogens with one attached hydrogen (secondary N) is 1. The molecule has 8 nitrogen and oxygen atoms in total. The lowest BCUT2D eigenvalue weighted by atomic mass is 10.3. The van der Waals surface area contributed by atoms with Crippen LogP contribution in [-0.4, -0.2) is 20.5 Å². The molecule has 4 rings (SSSR count). The van der Waals surface area contributed by atoms with Gasteiger partial charge in [0.15, 0.2) is 5.76 Å². The molecular weight excluding hydrogens is 368 g/mol. The average Bonchev–Trinajstić information content (AvgIpc) is 3.30. The van der Waals surface area contributed by atoms with Crippen LogP contribution in [0.5, 0.6) is 5.75 Å². The van der Waals surface area contributed by atoms with Gasteiger partial charge in [-0.05, 0) is 31.2 Å². The Morgan fingerprint density at radius 2 is 2.19 bits per heavy atom. The Morgan fingerprint density at radius 1 is 1.30 bits per heavy atom. The number of hydrogen-bond acceptors (Lipinski definition) is 7. The molecule has 0 aliphatic rings. The number of fused-ring (bicyclic) bond motifs is 1. The summed E-state index contributed by atoms with van der Waals surface area (Å²) < 4.78 is 12.1. The Hall–Kier alpha value is -3.46. The van der Waals surface area contributed by atoms with Crippen molar-refractivity contribution in [1.82, 2.24) is 14.6 Å². The van der Waals surface area contributed by atoms with Gasteiger partial charge in [-0.1, -0.05) is 17.4 Å². The van der Waals surface area contributed by atoms with Gasteiger partial charge in [-0.2, -0.15) is 9.61 Å². The minimum atomic E-state index is -0.349. The van der Waals surface area contributed by atoms with E-state index >= 15 is 0 Å². The van der Waals surface area contributed by atoms with Crippen molar-refractivity contribution in [2.24, 2.45) is 0 Å². The minimum absolute atomic E-state index is 0.123. The number of furan rings is 1. The fourth-order valence-electron chi connectivity index (χ4n) is 2.45. The van der Waals surface area contributed by atoms with Crippen molar-refractivity contribution in [3.63, 3.8) is 0 Å². The summed E-state index contributed by atoms with van der Waals surface area (Å²) in [6, 6.07) is 11.6. The molecule has 3 heterocycles. The van der Waals surface area contributed by atoms with Gasteiger partial charge in [-0.3, -0.25) is 9.59 Å². The summed E-state index contributed by atoms with van der Waals surface area (Å²) in [5.41, 5.74) is 0.826. The molecule has 9 heteroatoms. The van der Waals surface area contributed by atoms with E-state index in [0.717, 1.165) is 5.01 Å². The molecule has 0 fully saturated rings. The molecule has 1 amide bonds. The van der Waals surface area contributed by atoms with Gasteiger partial charge < -0.3 is 14.5 Å². The van der Waals surface area contributed by atoms with Crippen LogP contribution in [0.1, 0.15) is 21.3 Å². The zero-order chi connectivity index (χ0) is 18.8. The van der Waals surface area contributed by atoms with Crippen LogP contribution < -0.4 is 15.6 Å². The van der Waals surface area contributed by atoms with Gasteiger partial charge in [0.25, 0.3) is 11.5 Å². The lowest BCUT2D eigenvalue weighted by Crippen LogP contribution is -2.16. The molecule has 0 spiro atoms. The van der Waals surface area contributed by atoms with Crippen LogP contribution in [0.15, 0.2) is 57.9 Å². The fraction of sp³-hybridized carbons (Fsp3) is 0.111. The third kappa shape index (κ3) is 3.72. The second-order valence-corrected chi connectivity index (χ2v) is 6.81. The molecule has 0 aliphatic carbocycles. The third-order valence-electron chi connectivity index (χ3n) is 3.62. The molecule has 0 atom stereocenters. The van der Waals surface area contributed by atoms with Crippen molar-refractivity contribution in [2.45, 2.75) is 13.5 Å². The number of benzene rings is 1. The molecule has 0 bridgehead atoms. The number of aromatic nitrogens is 3. The molecule has 0 saturated heterocycles. The number of amides is 1. The van der Waals surface area contributed by atoms with Crippen molar-refractivity contribution in [2.75, 3.05) is 5.32 Å². The maximum absolute atomic E-state index is 12.1. The quantitative estimate of drug-likeness (QED) is 0.570. The highest BCUT2D eigenvalue weighted by Crippen LogP contribution is 2.19. The standard InChI is InChI=1S/C18H14N4O4S/c1-11-21-22-16(23)9-13(20-18(22)27-11)10-26-14-5-2-4-12(8-14)19-17(24)15-6-3-7-25-15/h2-9H,10H2,1H3,(H,19,24). The lowest BCUT2D eigenvalue weighted by Gasteiger charge is -2.08. The second-order valence-electron chi connectivity index (χ2n) is 5.65. The molecule has 136 valence electrons. The van der Waals surface area contributed by atoms with E-state index in [-0.39, 0.29) is 23.8 Å². The largest absolute Gasteiger partial charge is 0.487 e. The Morgan fingerprint density at radius 3 is 3.00 bits per heavy atom. The molecule has 4 aromatic rings. The molecular formula is C18H14N4O4S. The molecule has 0 unspecified atom stereocenters. The Labute approximate surface area is 157 Å². The van der Waals surface area contributed by atoms with Crippen molar-refractivity contribution in [3.8, 4) is 5.75 Å². The van der Waals surface area contributed by atoms with Gasteiger partial charge in [-0.15, -0.1) is 0 Å². The Bertz CT molecular complexity index is 1160. The predicted octanol–water partition coefficient (Wildman–Crippen LogP) is 2.88. The zero-order valence-corrected chi connectivity index (χ0v) is 15.0.